The molecule has 5 heteroatoms. The Hall–Kier alpha value is -3.70. The molecule has 6 rings (SSSR count). The molecule has 0 saturated heterocycles. The lowest BCUT2D eigenvalue weighted by atomic mass is 9.87. The first kappa shape index (κ1) is 24.6. The zero-order valence-corrected chi connectivity index (χ0v) is 21.5. The summed E-state index contributed by atoms with van der Waals surface area (Å²) in [5.41, 5.74) is -0.384. The molecule has 1 saturated carbocycles. The second-order valence-corrected chi connectivity index (χ2v) is 11.6. The molecule has 0 aromatic heterocycles. The minimum Gasteiger partial charge on any atom is -0.479 e. The van der Waals surface area contributed by atoms with Gasteiger partial charge in [-0.2, -0.15) is 0 Å². The molecule has 0 N–H and O–H groups in total. The summed E-state index contributed by atoms with van der Waals surface area (Å²) in [5.74, 6) is -2.14. The van der Waals surface area contributed by atoms with Crippen molar-refractivity contribution in [3.05, 3.63) is 132 Å². The molecule has 0 atom stereocenters. The van der Waals surface area contributed by atoms with Gasteiger partial charge in [0.1, 0.15) is 5.60 Å². The van der Waals surface area contributed by atoms with E-state index in [1.165, 1.54) is 12.1 Å². The van der Waals surface area contributed by atoms with Crippen molar-refractivity contribution >= 4 is 21.7 Å². The summed E-state index contributed by atoms with van der Waals surface area (Å²) in [6, 6.07) is 33.4. The third-order valence-corrected chi connectivity index (χ3v) is 9.45. The van der Waals surface area contributed by atoms with Crippen molar-refractivity contribution in [1.29, 1.82) is 0 Å². The van der Waals surface area contributed by atoms with E-state index in [0.29, 0.717) is 23.8 Å². The quantitative estimate of drug-likeness (QED) is 0.200. The molecular weight excluding hydrogens is 501 g/mol. The number of fused-ring (bicyclic) bond motifs is 1. The molecular formula is C33H26F3OS+. The smallest absolute Gasteiger partial charge is 0.170 e. The van der Waals surface area contributed by atoms with E-state index in [9.17, 15) is 8.78 Å². The fourth-order valence-electron chi connectivity index (χ4n) is 5.48. The van der Waals surface area contributed by atoms with Gasteiger partial charge in [0.15, 0.2) is 37.9 Å². The molecule has 190 valence electrons. The first-order chi connectivity index (χ1) is 18.6. The van der Waals surface area contributed by atoms with E-state index >= 15 is 4.39 Å². The molecule has 1 aliphatic carbocycles. The van der Waals surface area contributed by atoms with Crippen molar-refractivity contribution < 1.29 is 17.9 Å². The number of hydrogen-bond donors (Lipinski definition) is 0. The first-order valence-corrected chi connectivity index (χ1v) is 14.0. The van der Waals surface area contributed by atoms with Crippen molar-refractivity contribution in [2.75, 3.05) is 0 Å². The molecule has 5 aromatic carbocycles. The maximum Gasteiger partial charge on any atom is 0.170 e. The van der Waals surface area contributed by atoms with Crippen molar-refractivity contribution in [3.63, 3.8) is 0 Å². The Morgan fingerprint density at radius 1 is 0.579 bits per heavy atom. The van der Waals surface area contributed by atoms with Crippen molar-refractivity contribution in [1.82, 2.24) is 0 Å². The molecule has 5 aromatic rings. The lowest BCUT2D eigenvalue weighted by molar-refractivity contribution is 0.0698. The van der Waals surface area contributed by atoms with E-state index in [2.05, 4.69) is 24.3 Å². The number of rotatable bonds is 6. The molecule has 0 aliphatic heterocycles. The average Bonchev–Trinajstić information content (AvgIpc) is 3.43. The molecule has 0 spiro atoms. The van der Waals surface area contributed by atoms with E-state index in [-0.39, 0.29) is 11.1 Å². The van der Waals surface area contributed by atoms with Crippen LogP contribution in [0.4, 0.5) is 13.2 Å². The minimum absolute atomic E-state index is 0.127. The number of hydrogen-bond acceptors (Lipinski definition) is 1. The summed E-state index contributed by atoms with van der Waals surface area (Å²) in [7, 11) is -0.480. The Labute approximate surface area is 223 Å². The van der Waals surface area contributed by atoms with Crippen LogP contribution in [0.5, 0.6) is 5.75 Å². The Kier molecular flexibility index (Phi) is 6.62. The third kappa shape index (κ3) is 4.45. The monoisotopic (exact) mass is 527 g/mol. The molecule has 0 bridgehead atoms. The summed E-state index contributed by atoms with van der Waals surface area (Å²) in [6.45, 7) is 0. The van der Waals surface area contributed by atoms with Crippen molar-refractivity contribution in [2.24, 2.45) is 0 Å². The van der Waals surface area contributed by atoms with Gasteiger partial charge in [0.05, 0.1) is 10.9 Å². The highest BCUT2D eigenvalue weighted by Gasteiger charge is 2.41. The summed E-state index contributed by atoms with van der Waals surface area (Å²) >= 11 is 0. The maximum absolute atomic E-state index is 15.4. The summed E-state index contributed by atoms with van der Waals surface area (Å²) < 4.78 is 51.4. The van der Waals surface area contributed by atoms with Gasteiger partial charge in [-0.25, -0.2) is 13.2 Å². The molecule has 0 unspecified atom stereocenters. The van der Waals surface area contributed by atoms with E-state index < -0.39 is 33.9 Å². The van der Waals surface area contributed by atoms with Crippen LogP contribution < -0.4 is 4.74 Å². The van der Waals surface area contributed by atoms with Gasteiger partial charge >= 0.3 is 0 Å². The van der Waals surface area contributed by atoms with Crippen LogP contribution >= 0.6 is 0 Å². The Bertz CT molecular complexity index is 1540. The van der Waals surface area contributed by atoms with E-state index in [1.807, 2.05) is 36.4 Å². The van der Waals surface area contributed by atoms with Crippen LogP contribution in [-0.2, 0) is 16.5 Å². The van der Waals surface area contributed by atoms with Crippen LogP contribution in [0.15, 0.2) is 124 Å². The third-order valence-electron chi connectivity index (χ3n) is 7.24. The van der Waals surface area contributed by atoms with Crippen molar-refractivity contribution in [3.8, 4) is 5.75 Å². The SMILES string of the molecule is Fc1ccc([S+](c2ccccc2)c2ccccc2)cc1OC1(c2cc(F)c(F)c3ccccc23)CCCC1. The molecule has 1 fully saturated rings. The largest absolute Gasteiger partial charge is 0.479 e. The van der Waals surface area contributed by atoms with Gasteiger partial charge in [0.25, 0.3) is 0 Å². The van der Waals surface area contributed by atoms with Gasteiger partial charge in [0, 0.05) is 17.0 Å². The Morgan fingerprint density at radius 2 is 1.16 bits per heavy atom. The second-order valence-electron chi connectivity index (χ2n) is 9.59. The van der Waals surface area contributed by atoms with Crippen LogP contribution in [0, 0.1) is 17.5 Å². The molecule has 0 radical (unpaired) electrons. The van der Waals surface area contributed by atoms with Gasteiger partial charge < -0.3 is 4.74 Å². The second kappa shape index (κ2) is 10.2. The zero-order chi connectivity index (χ0) is 26.1. The summed E-state index contributed by atoms with van der Waals surface area (Å²) in [6.07, 6.45) is 2.89. The lowest BCUT2D eigenvalue weighted by Crippen LogP contribution is -2.31. The van der Waals surface area contributed by atoms with Crippen LogP contribution in [0.25, 0.3) is 10.8 Å². The first-order valence-electron chi connectivity index (χ1n) is 12.8. The van der Waals surface area contributed by atoms with Crippen LogP contribution in [-0.4, -0.2) is 0 Å². The van der Waals surface area contributed by atoms with Gasteiger partial charge in [-0.15, -0.1) is 0 Å². The molecule has 1 aliphatic rings. The fourth-order valence-corrected chi connectivity index (χ4v) is 7.58. The predicted molar refractivity (Wildman–Crippen MR) is 146 cm³/mol. The van der Waals surface area contributed by atoms with Gasteiger partial charge in [-0.1, -0.05) is 60.7 Å². The summed E-state index contributed by atoms with van der Waals surface area (Å²) in [5, 5.41) is 0.805. The van der Waals surface area contributed by atoms with Crippen molar-refractivity contribution in [2.45, 2.75) is 46.0 Å². The average molecular weight is 528 g/mol. The van der Waals surface area contributed by atoms with Gasteiger partial charge in [-0.05, 0) is 73.5 Å². The highest BCUT2D eigenvalue weighted by atomic mass is 32.2. The minimum atomic E-state index is -0.953. The number of ether oxygens (including phenoxy) is 1. The van der Waals surface area contributed by atoms with Crippen LogP contribution in [0.3, 0.4) is 0 Å². The standard InChI is InChI=1S/C33H26F3OS/c34-29-18-17-25(38(23-11-3-1-4-12-23)24-13-5-2-6-14-24)21-31(29)37-33(19-9-10-20-33)28-22-30(35)32(36)27-16-8-7-15-26(27)28/h1-8,11-18,21-22H,9-10,19-20H2/q+1. The zero-order valence-electron chi connectivity index (χ0n) is 20.7. The lowest BCUT2D eigenvalue weighted by Gasteiger charge is -2.32. The van der Waals surface area contributed by atoms with E-state index in [1.54, 1.807) is 36.4 Å². The topological polar surface area (TPSA) is 9.23 Å². The normalized spacial score (nSPS) is 14.7. The fraction of sp³-hybridized carbons (Fsp3) is 0.152. The van der Waals surface area contributed by atoms with Gasteiger partial charge in [0.2, 0.25) is 0 Å². The predicted octanol–water partition coefficient (Wildman–Crippen LogP) is 9.20. The Morgan fingerprint density at radius 3 is 1.79 bits per heavy atom. The van der Waals surface area contributed by atoms with E-state index in [4.69, 9.17) is 4.74 Å². The maximum atomic E-state index is 15.4. The highest BCUT2D eigenvalue weighted by molar-refractivity contribution is 7.97. The number of benzene rings is 5. The van der Waals surface area contributed by atoms with E-state index in [0.717, 1.165) is 27.5 Å². The summed E-state index contributed by atoms with van der Waals surface area (Å²) in [4.78, 5) is 3.14. The highest BCUT2D eigenvalue weighted by Crippen LogP contribution is 2.47. The van der Waals surface area contributed by atoms with Crippen LogP contribution in [0.1, 0.15) is 31.2 Å². The number of halogens is 3. The molecule has 1 nitrogen and oxygen atoms in total. The molecule has 38 heavy (non-hydrogen) atoms. The van der Waals surface area contributed by atoms with Gasteiger partial charge in [-0.3, -0.25) is 0 Å². The Balaban J connectivity index is 1.47. The van der Waals surface area contributed by atoms with Crippen LogP contribution in [0.2, 0.25) is 0 Å². The molecule has 0 amide bonds. The molecule has 0 heterocycles.